The molecule has 0 spiro atoms. The first kappa shape index (κ1) is 43.2. The molecule has 0 bridgehead atoms. The van der Waals surface area contributed by atoms with Crippen LogP contribution >= 0.6 is 0 Å². The van der Waals surface area contributed by atoms with E-state index in [4.69, 9.17) is 61.6 Å². The zero-order valence-electron chi connectivity index (χ0n) is 28.2. The second-order valence-electron chi connectivity index (χ2n) is 9.92. The number of ether oxygens (including phenoxy) is 13. The molecule has 0 aromatic carbocycles. The standard InChI is InChI=1S/C32H63NO13/c1-2-7-34-8-9-35-10-11-36-12-13-37-14-15-38-16-17-39-18-19-40-20-21-41-22-23-42-24-25-43-26-27-44-28-29-45-30-31-46-32-3-5-33-6-4-32/h2,32-33H,1,3-31H2. The highest BCUT2D eigenvalue weighted by atomic mass is 16.6. The number of hydrogen-bond acceptors (Lipinski definition) is 14. The molecule has 274 valence electrons. The minimum atomic E-state index is 0.371. The quantitative estimate of drug-likeness (QED) is 0.0741. The fourth-order valence-electron chi connectivity index (χ4n) is 3.82. The van der Waals surface area contributed by atoms with Crippen molar-refractivity contribution in [2.75, 3.05) is 178 Å². The van der Waals surface area contributed by atoms with E-state index in [0.29, 0.717) is 171 Å². The van der Waals surface area contributed by atoms with Crippen molar-refractivity contribution in [3.05, 3.63) is 12.7 Å². The normalized spacial score (nSPS) is 13.9. The lowest BCUT2D eigenvalue weighted by molar-refractivity contribution is -0.0327. The van der Waals surface area contributed by atoms with Gasteiger partial charge in [0.25, 0.3) is 0 Å². The molecule has 0 unspecified atom stereocenters. The van der Waals surface area contributed by atoms with E-state index in [2.05, 4.69) is 11.9 Å². The summed E-state index contributed by atoms with van der Waals surface area (Å²) >= 11 is 0. The number of rotatable bonds is 39. The smallest absolute Gasteiger partial charge is 0.0704 e. The van der Waals surface area contributed by atoms with E-state index in [9.17, 15) is 0 Å². The van der Waals surface area contributed by atoms with E-state index in [1.807, 2.05) is 0 Å². The van der Waals surface area contributed by atoms with Gasteiger partial charge in [0.1, 0.15) is 0 Å². The fraction of sp³-hybridized carbons (Fsp3) is 0.938. The monoisotopic (exact) mass is 669 g/mol. The lowest BCUT2D eigenvalue weighted by Gasteiger charge is -2.22. The molecule has 1 aliphatic heterocycles. The van der Waals surface area contributed by atoms with Gasteiger partial charge in [0.2, 0.25) is 0 Å². The summed E-state index contributed by atoms with van der Waals surface area (Å²) in [7, 11) is 0. The number of nitrogens with one attached hydrogen (secondary N) is 1. The minimum absolute atomic E-state index is 0.371. The Bertz CT molecular complexity index is 588. The average molecular weight is 670 g/mol. The van der Waals surface area contributed by atoms with Crippen LogP contribution < -0.4 is 5.32 Å². The van der Waals surface area contributed by atoms with Crippen LogP contribution in [0.25, 0.3) is 0 Å². The van der Waals surface area contributed by atoms with E-state index in [-0.39, 0.29) is 0 Å². The van der Waals surface area contributed by atoms with Crippen molar-refractivity contribution < 1.29 is 61.6 Å². The SMILES string of the molecule is C=CCOCCOCCOCCOCCOCCOCCOCCOCCOCCOCCOCCOCCOC1CCNCC1. The zero-order valence-corrected chi connectivity index (χ0v) is 28.2. The van der Waals surface area contributed by atoms with Crippen molar-refractivity contribution in [3.8, 4) is 0 Å². The van der Waals surface area contributed by atoms with Gasteiger partial charge in [-0.3, -0.25) is 0 Å². The largest absolute Gasteiger partial charge is 0.377 e. The van der Waals surface area contributed by atoms with Crippen molar-refractivity contribution in [1.82, 2.24) is 5.32 Å². The maximum Gasteiger partial charge on any atom is 0.0704 e. The van der Waals surface area contributed by atoms with Gasteiger partial charge in [0.05, 0.1) is 171 Å². The van der Waals surface area contributed by atoms with Gasteiger partial charge in [-0.1, -0.05) is 6.08 Å². The Kier molecular flexibility index (Phi) is 36.3. The molecule has 1 rings (SSSR count). The topological polar surface area (TPSA) is 132 Å². The zero-order chi connectivity index (χ0) is 32.7. The van der Waals surface area contributed by atoms with Gasteiger partial charge in [0, 0.05) is 0 Å². The Balaban J connectivity index is 1.60. The molecule has 1 fully saturated rings. The van der Waals surface area contributed by atoms with E-state index in [1.54, 1.807) is 6.08 Å². The molecular formula is C32H63NO13. The van der Waals surface area contributed by atoms with Crippen molar-refractivity contribution in [3.63, 3.8) is 0 Å². The van der Waals surface area contributed by atoms with Gasteiger partial charge in [-0.2, -0.15) is 0 Å². The molecule has 0 aromatic rings. The van der Waals surface area contributed by atoms with E-state index in [0.717, 1.165) is 25.9 Å². The van der Waals surface area contributed by atoms with Crippen LogP contribution in [0, 0.1) is 0 Å². The summed E-state index contributed by atoms with van der Waals surface area (Å²) < 4.78 is 71.2. The summed E-state index contributed by atoms with van der Waals surface area (Å²) in [5.41, 5.74) is 0. The highest BCUT2D eigenvalue weighted by molar-refractivity contribution is 4.67. The maximum absolute atomic E-state index is 5.79. The van der Waals surface area contributed by atoms with Crippen LogP contribution in [-0.2, 0) is 61.6 Å². The molecule has 1 aliphatic rings. The summed E-state index contributed by atoms with van der Waals surface area (Å²) in [5, 5.41) is 3.33. The van der Waals surface area contributed by atoms with Gasteiger partial charge in [-0.05, 0) is 25.9 Å². The first-order valence-electron chi connectivity index (χ1n) is 16.8. The Morgan fingerprint density at radius 1 is 0.370 bits per heavy atom. The molecule has 0 saturated carbocycles. The molecule has 46 heavy (non-hydrogen) atoms. The average Bonchev–Trinajstić information content (AvgIpc) is 3.08. The Morgan fingerprint density at radius 3 is 0.870 bits per heavy atom. The Hall–Kier alpha value is -0.820. The molecule has 1 N–H and O–H groups in total. The second kappa shape index (κ2) is 38.6. The van der Waals surface area contributed by atoms with Crippen molar-refractivity contribution >= 4 is 0 Å². The van der Waals surface area contributed by atoms with Gasteiger partial charge in [0.15, 0.2) is 0 Å². The first-order valence-corrected chi connectivity index (χ1v) is 16.8. The predicted octanol–water partition coefficient (Wildman–Crippen LogP) is 1.14. The third-order valence-electron chi connectivity index (χ3n) is 6.20. The van der Waals surface area contributed by atoms with Gasteiger partial charge in [-0.25, -0.2) is 0 Å². The summed E-state index contributed by atoms with van der Waals surface area (Å²) in [6, 6.07) is 0. The molecule has 14 heteroatoms. The van der Waals surface area contributed by atoms with Gasteiger partial charge >= 0.3 is 0 Å². The highest BCUT2D eigenvalue weighted by Crippen LogP contribution is 2.06. The lowest BCUT2D eigenvalue weighted by atomic mass is 10.1. The Morgan fingerprint density at radius 2 is 0.609 bits per heavy atom. The Labute approximate surface area is 276 Å². The molecule has 0 radical (unpaired) electrons. The van der Waals surface area contributed by atoms with Crippen LogP contribution in [0.3, 0.4) is 0 Å². The third kappa shape index (κ3) is 34.5. The fourth-order valence-corrected chi connectivity index (χ4v) is 3.82. The second-order valence-corrected chi connectivity index (χ2v) is 9.92. The molecule has 14 nitrogen and oxygen atoms in total. The van der Waals surface area contributed by atoms with Crippen molar-refractivity contribution in [2.45, 2.75) is 18.9 Å². The first-order chi connectivity index (χ1) is 22.9. The number of piperidine rings is 1. The van der Waals surface area contributed by atoms with Crippen LogP contribution in [0.15, 0.2) is 12.7 Å². The molecule has 1 heterocycles. The molecular weight excluding hydrogens is 606 g/mol. The van der Waals surface area contributed by atoms with Crippen LogP contribution in [0.4, 0.5) is 0 Å². The number of hydrogen-bond donors (Lipinski definition) is 1. The predicted molar refractivity (Wildman–Crippen MR) is 172 cm³/mol. The maximum atomic E-state index is 5.79. The van der Waals surface area contributed by atoms with E-state index < -0.39 is 0 Å². The summed E-state index contributed by atoms with van der Waals surface area (Å²) in [5.74, 6) is 0. The van der Waals surface area contributed by atoms with Crippen LogP contribution in [0.5, 0.6) is 0 Å². The van der Waals surface area contributed by atoms with Crippen LogP contribution in [0.1, 0.15) is 12.8 Å². The van der Waals surface area contributed by atoms with Gasteiger partial charge in [-0.15, -0.1) is 6.58 Å². The van der Waals surface area contributed by atoms with Crippen LogP contribution in [0.2, 0.25) is 0 Å². The molecule has 0 atom stereocenters. The summed E-state index contributed by atoms with van der Waals surface area (Å²) in [6.07, 6.45) is 4.24. The van der Waals surface area contributed by atoms with Gasteiger partial charge < -0.3 is 66.9 Å². The minimum Gasteiger partial charge on any atom is -0.377 e. The van der Waals surface area contributed by atoms with Crippen molar-refractivity contribution in [2.24, 2.45) is 0 Å². The third-order valence-corrected chi connectivity index (χ3v) is 6.20. The summed E-state index contributed by atoms with van der Waals surface area (Å²) in [4.78, 5) is 0. The van der Waals surface area contributed by atoms with Crippen LogP contribution in [-0.4, -0.2) is 184 Å². The van der Waals surface area contributed by atoms with E-state index >= 15 is 0 Å². The summed E-state index contributed by atoms with van der Waals surface area (Å²) in [6.45, 7) is 19.1. The highest BCUT2D eigenvalue weighted by Gasteiger charge is 2.12. The molecule has 1 saturated heterocycles. The molecule has 0 aromatic heterocycles. The van der Waals surface area contributed by atoms with Crippen molar-refractivity contribution in [1.29, 1.82) is 0 Å². The molecule has 0 aliphatic carbocycles. The van der Waals surface area contributed by atoms with E-state index in [1.165, 1.54) is 0 Å². The molecule has 0 amide bonds. The lowest BCUT2D eigenvalue weighted by Crippen LogP contribution is -2.33.